The van der Waals surface area contributed by atoms with Crippen molar-refractivity contribution in [2.24, 2.45) is 10.8 Å². The molecule has 0 aliphatic rings. The molecule has 0 aromatic heterocycles. The maximum absolute atomic E-state index is 4.86. The van der Waals surface area contributed by atoms with Gasteiger partial charge < -0.3 is 0 Å². The zero-order valence-corrected chi connectivity index (χ0v) is 4.52. The zero-order valence-electron chi connectivity index (χ0n) is 4.52. The molecule has 0 saturated carbocycles. The Morgan fingerprint density at radius 3 is 2.43 bits per heavy atom. The van der Waals surface area contributed by atoms with E-state index in [0.717, 1.165) is 5.84 Å². The first kappa shape index (κ1) is 6.39. The first-order valence-corrected chi connectivity index (χ1v) is 1.96. The second-order valence-electron chi connectivity index (χ2n) is 1.08. The third-order valence-electron chi connectivity index (χ3n) is 0.588. The monoisotopic (exact) mass is 102 g/mol. The molecule has 0 bridgehead atoms. The van der Waals surface area contributed by atoms with E-state index in [4.69, 9.17) is 5.84 Å². The molecule has 0 atom stereocenters. The van der Waals surface area contributed by atoms with Crippen LogP contribution >= 0.6 is 0 Å². The molecule has 0 aliphatic heterocycles. The predicted molar refractivity (Wildman–Crippen MR) is 29.5 cm³/mol. The quantitative estimate of drug-likeness (QED) is 0.172. The highest BCUT2D eigenvalue weighted by Crippen LogP contribution is 1.58. The number of nitrogens with one attached hydrogen (secondary N) is 2. The van der Waals surface area contributed by atoms with Crippen LogP contribution in [-0.4, -0.2) is 12.9 Å². The van der Waals surface area contributed by atoms with Gasteiger partial charge in [-0.05, 0) is 6.92 Å². The molecule has 4 nitrogen and oxygen atoms in total. The summed E-state index contributed by atoms with van der Waals surface area (Å²) in [5, 5.41) is 0. The predicted octanol–water partition coefficient (Wildman–Crippen LogP) is -0.997. The average molecular weight is 102 g/mol. The first-order valence-electron chi connectivity index (χ1n) is 1.96. The third kappa shape index (κ3) is 3.21. The van der Waals surface area contributed by atoms with Gasteiger partial charge in [0.15, 0.2) is 0 Å². The van der Waals surface area contributed by atoms with E-state index in [-0.39, 0.29) is 0 Å². The third-order valence-corrected chi connectivity index (χ3v) is 0.588. The molecular weight excluding hydrogens is 92.1 g/mol. The summed E-state index contributed by atoms with van der Waals surface area (Å²) in [6, 6.07) is 0. The van der Waals surface area contributed by atoms with Crippen LogP contribution in [0.25, 0.3) is 0 Å². The second kappa shape index (κ2) is 3.58. The number of hydrogen-bond acceptors (Lipinski definition) is 3. The molecule has 0 radical (unpaired) electrons. The van der Waals surface area contributed by atoms with E-state index < -0.39 is 0 Å². The Kier molecular flexibility index (Phi) is 3.26. The van der Waals surface area contributed by atoms with Crippen molar-refractivity contribution in [3.63, 3.8) is 0 Å². The van der Waals surface area contributed by atoms with Gasteiger partial charge in [0, 0.05) is 7.05 Å². The highest BCUT2D eigenvalue weighted by molar-refractivity contribution is 5.78. The molecule has 0 aromatic rings. The zero-order chi connectivity index (χ0) is 5.70. The number of hydrogen-bond donors (Lipinski definition) is 3. The lowest BCUT2D eigenvalue weighted by molar-refractivity contribution is 0.692. The molecular formula is C3H10N4. The van der Waals surface area contributed by atoms with E-state index >= 15 is 0 Å². The molecule has 0 spiro atoms. The van der Waals surface area contributed by atoms with Gasteiger partial charge in [-0.2, -0.15) is 5.53 Å². The Labute approximate surface area is 42.7 Å². The maximum atomic E-state index is 4.86. The van der Waals surface area contributed by atoms with Gasteiger partial charge in [-0.3, -0.25) is 16.3 Å². The van der Waals surface area contributed by atoms with Crippen LogP contribution in [0, 0.1) is 0 Å². The normalized spacial score (nSPS) is 11.6. The van der Waals surface area contributed by atoms with Crippen LogP contribution in [0.4, 0.5) is 0 Å². The van der Waals surface area contributed by atoms with E-state index in [0.29, 0.717) is 0 Å². The number of rotatable bonds is 1. The van der Waals surface area contributed by atoms with Crippen LogP contribution in [0.3, 0.4) is 0 Å². The summed E-state index contributed by atoms with van der Waals surface area (Å²) in [7, 11) is 1.68. The minimum atomic E-state index is 0.766. The number of amidine groups is 1. The van der Waals surface area contributed by atoms with Crippen LogP contribution in [0.2, 0.25) is 0 Å². The van der Waals surface area contributed by atoms with E-state index in [2.05, 4.69) is 16.0 Å². The van der Waals surface area contributed by atoms with Gasteiger partial charge in [-0.1, -0.05) is 0 Å². The molecule has 4 N–H and O–H groups in total. The average Bonchev–Trinajstić information content (AvgIpc) is 1.68. The van der Waals surface area contributed by atoms with E-state index in [1.807, 2.05) is 0 Å². The van der Waals surface area contributed by atoms with Crippen LogP contribution < -0.4 is 16.8 Å². The summed E-state index contributed by atoms with van der Waals surface area (Å²) in [5.41, 5.74) is 4.81. The lowest BCUT2D eigenvalue weighted by Gasteiger charge is -1.98. The van der Waals surface area contributed by atoms with Crippen molar-refractivity contribution in [3.05, 3.63) is 0 Å². The van der Waals surface area contributed by atoms with Crippen molar-refractivity contribution in [2.45, 2.75) is 6.92 Å². The summed E-state index contributed by atoms with van der Waals surface area (Å²) in [4.78, 5) is 3.74. The van der Waals surface area contributed by atoms with Crippen molar-refractivity contribution in [3.8, 4) is 0 Å². The van der Waals surface area contributed by atoms with Crippen molar-refractivity contribution < 1.29 is 0 Å². The van der Waals surface area contributed by atoms with Crippen LogP contribution in [0.15, 0.2) is 4.99 Å². The fraction of sp³-hybridized carbons (Fsp3) is 0.667. The van der Waals surface area contributed by atoms with Crippen molar-refractivity contribution in [2.75, 3.05) is 7.05 Å². The van der Waals surface area contributed by atoms with Gasteiger partial charge in [0.2, 0.25) is 0 Å². The van der Waals surface area contributed by atoms with Gasteiger partial charge in [0.05, 0.1) is 0 Å². The smallest absolute Gasteiger partial charge is 0.108 e. The minimum absolute atomic E-state index is 0.766. The molecule has 0 rings (SSSR count). The molecule has 42 valence electrons. The topological polar surface area (TPSA) is 62.4 Å². The van der Waals surface area contributed by atoms with Gasteiger partial charge in [0.25, 0.3) is 0 Å². The van der Waals surface area contributed by atoms with Crippen molar-refractivity contribution >= 4 is 5.84 Å². The van der Waals surface area contributed by atoms with Gasteiger partial charge in [0.1, 0.15) is 5.84 Å². The Hall–Kier alpha value is -0.610. The summed E-state index contributed by atoms with van der Waals surface area (Å²) in [5.74, 6) is 5.63. The Morgan fingerprint density at radius 2 is 2.29 bits per heavy atom. The Bertz CT molecular complexity index is 67.3. The summed E-state index contributed by atoms with van der Waals surface area (Å²) in [6.07, 6.45) is 0. The summed E-state index contributed by atoms with van der Waals surface area (Å²) < 4.78 is 0. The minimum Gasteiger partial charge on any atom is -0.296 e. The Morgan fingerprint density at radius 1 is 1.71 bits per heavy atom. The first-order chi connectivity index (χ1) is 3.31. The van der Waals surface area contributed by atoms with Crippen LogP contribution in [0.5, 0.6) is 0 Å². The number of hydrazine groups is 2. The van der Waals surface area contributed by atoms with Gasteiger partial charge in [-0.15, -0.1) is 0 Å². The highest BCUT2D eigenvalue weighted by atomic mass is 15.5. The van der Waals surface area contributed by atoms with Crippen molar-refractivity contribution in [1.29, 1.82) is 0 Å². The molecule has 7 heavy (non-hydrogen) atoms. The maximum Gasteiger partial charge on any atom is 0.108 e. The fourth-order valence-electron chi connectivity index (χ4n) is 0.160. The summed E-state index contributed by atoms with van der Waals surface area (Å²) >= 11 is 0. The summed E-state index contributed by atoms with van der Waals surface area (Å²) in [6.45, 7) is 1.81. The molecule has 0 amide bonds. The van der Waals surface area contributed by atoms with Crippen molar-refractivity contribution in [1.82, 2.24) is 11.0 Å². The largest absolute Gasteiger partial charge is 0.296 e. The molecule has 0 aromatic carbocycles. The number of aliphatic imine (C=N–C) groups is 1. The lowest BCUT2D eigenvalue weighted by Crippen LogP contribution is -2.40. The van der Waals surface area contributed by atoms with E-state index in [9.17, 15) is 0 Å². The SMILES string of the molecule is CN=C(C)NNN. The number of nitrogens with zero attached hydrogens (tertiary/aromatic N) is 1. The molecule has 0 unspecified atom stereocenters. The molecule has 0 aliphatic carbocycles. The van der Waals surface area contributed by atoms with E-state index in [1.54, 1.807) is 14.0 Å². The molecule has 0 heterocycles. The van der Waals surface area contributed by atoms with Crippen LogP contribution in [-0.2, 0) is 0 Å². The fourth-order valence-corrected chi connectivity index (χ4v) is 0.160. The standard InChI is InChI=1S/C3H10N4/c1-3(5-2)6-7-4/h7H,4H2,1-2H3,(H,5,6). The molecule has 4 heteroatoms. The van der Waals surface area contributed by atoms with Gasteiger partial charge in [-0.25, -0.2) is 0 Å². The van der Waals surface area contributed by atoms with Crippen LogP contribution in [0.1, 0.15) is 6.92 Å². The highest BCUT2D eigenvalue weighted by Gasteiger charge is 1.76. The number of nitrogens with two attached hydrogens (primary N) is 1. The second-order valence-corrected chi connectivity index (χ2v) is 1.08. The molecule has 0 saturated heterocycles. The molecule has 0 fully saturated rings. The Balaban J connectivity index is 3.17. The van der Waals surface area contributed by atoms with Gasteiger partial charge >= 0.3 is 0 Å². The van der Waals surface area contributed by atoms with E-state index in [1.165, 1.54) is 0 Å². The lowest BCUT2D eigenvalue weighted by atomic mass is 10.7.